The summed E-state index contributed by atoms with van der Waals surface area (Å²) < 4.78 is 24.3. The molecule has 0 N–H and O–H groups in total. The Bertz CT molecular complexity index is 142. The lowest BCUT2D eigenvalue weighted by molar-refractivity contribution is 0.0483. The van der Waals surface area contributed by atoms with E-state index < -0.39 is 6.43 Å². The van der Waals surface area contributed by atoms with Crippen molar-refractivity contribution in [3.05, 3.63) is 0 Å². The molecule has 1 saturated heterocycles. The highest BCUT2D eigenvalue weighted by molar-refractivity contribution is 6.17. The van der Waals surface area contributed by atoms with Crippen LogP contribution < -0.4 is 0 Å². The van der Waals surface area contributed by atoms with E-state index in [1.54, 1.807) is 0 Å². The highest BCUT2D eigenvalue weighted by Gasteiger charge is 2.23. The summed E-state index contributed by atoms with van der Waals surface area (Å²) in [5.41, 5.74) is 0. The molecule has 1 rings (SSSR count). The zero-order valence-corrected chi connectivity index (χ0v) is 8.44. The van der Waals surface area contributed by atoms with Crippen molar-refractivity contribution in [2.24, 2.45) is 0 Å². The number of nitrogens with zero attached hydrogens (tertiary/aromatic N) is 1. The second-order valence-corrected chi connectivity index (χ2v) is 3.89. The first-order valence-electron chi connectivity index (χ1n) is 4.82. The molecule has 0 radical (unpaired) electrons. The number of piperidine rings is 1. The standard InChI is InChI=1S/C9H16ClF2N/c10-5-4-8-3-1-2-6-13(8)7-9(11)12/h8-9H,1-7H2. The van der Waals surface area contributed by atoms with Crippen LogP contribution in [-0.2, 0) is 0 Å². The van der Waals surface area contributed by atoms with Gasteiger partial charge in [0, 0.05) is 11.9 Å². The number of halogens is 3. The number of hydrogen-bond acceptors (Lipinski definition) is 1. The van der Waals surface area contributed by atoms with Crippen LogP contribution in [0.4, 0.5) is 8.78 Å². The molecule has 1 heterocycles. The van der Waals surface area contributed by atoms with Gasteiger partial charge < -0.3 is 0 Å². The Kier molecular flexibility index (Phi) is 4.96. The van der Waals surface area contributed by atoms with Crippen LogP contribution in [0.2, 0.25) is 0 Å². The third kappa shape index (κ3) is 3.77. The van der Waals surface area contributed by atoms with Crippen molar-refractivity contribution >= 4 is 11.6 Å². The van der Waals surface area contributed by atoms with Crippen molar-refractivity contribution in [1.29, 1.82) is 0 Å². The molecule has 1 atom stereocenters. The fourth-order valence-electron chi connectivity index (χ4n) is 1.93. The molecule has 1 aliphatic rings. The Morgan fingerprint density at radius 2 is 2.15 bits per heavy atom. The Labute approximate surface area is 83.0 Å². The van der Waals surface area contributed by atoms with Gasteiger partial charge in [-0.1, -0.05) is 6.42 Å². The summed E-state index contributed by atoms with van der Waals surface area (Å²) in [7, 11) is 0. The maximum atomic E-state index is 12.2. The Morgan fingerprint density at radius 1 is 1.38 bits per heavy atom. The largest absolute Gasteiger partial charge is 0.295 e. The normalized spacial score (nSPS) is 25.4. The molecule has 1 nitrogen and oxygen atoms in total. The lowest BCUT2D eigenvalue weighted by Crippen LogP contribution is -2.42. The van der Waals surface area contributed by atoms with Gasteiger partial charge in [0.1, 0.15) is 0 Å². The summed E-state index contributed by atoms with van der Waals surface area (Å²) in [6, 6.07) is 0.292. The molecule has 4 heteroatoms. The molecule has 1 fully saturated rings. The van der Waals surface area contributed by atoms with E-state index in [1.807, 2.05) is 4.90 Å². The van der Waals surface area contributed by atoms with Gasteiger partial charge >= 0.3 is 0 Å². The number of likely N-dealkylation sites (tertiary alicyclic amines) is 1. The molecular weight excluding hydrogens is 196 g/mol. The van der Waals surface area contributed by atoms with E-state index in [4.69, 9.17) is 11.6 Å². The van der Waals surface area contributed by atoms with Gasteiger partial charge in [0.15, 0.2) is 0 Å². The molecule has 0 amide bonds. The molecule has 0 aromatic carbocycles. The lowest BCUT2D eigenvalue weighted by Gasteiger charge is -2.35. The molecule has 1 unspecified atom stereocenters. The predicted octanol–water partition coefficient (Wildman–Crippen LogP) is 2.73. The van der Waals surface area contributed by atoms with E-state index in [1.165, 1.54) is 0 Å². The van der Waals surface area contributed by atoms with Crippen molar-refractivity contribution in [2.75, 3.05) is 19.0 Å². The van der Waals surface area contributed by atoms with Crippen LogP contribution in [0.15, 0.2) is 0 Å². The van der Waals surface area contributed by atoms with E-state index >= 15 is 0 Å². The maximum Gasteiger partial charge on any atom is 0.251 e. The molecule has 0 saturated carbocycles. The van der Waals surface area contributed by atoms with E-state index in [0.29, 0.717) is 11.9 Å². The second-order valence-electron chi connectivity index (χ2n) is 3.51. The average molecular weight is 212 g/mol. The fourth-order valence-corrected chi connectivity index (χ4v) is 2.18. The number of rotatable bonds is 4. The summed E-state index contributed by atoms with van der Waals surface area (Å²) in [5, 5.41) is 0. The molecular formula is C9H16ClF2N. The van der Waals surface area contributed by atoms with Crippen LogP contribution in [-0.4, -0.2) is 36.3 Å². The Hall–Kier alpha value is 0.110. The summed E-state index contributed by atoms with van der Waals surface area (Å²) >= 11 is 5.62. The van der Waals surface area contributed by atoms with Crippen molar-refractivity contribution in [3.8, 4) is 0 Å². The molecule has 0 aromatic rings. The van der Waals surface area contributed by atoms with Crippen LogP contribution in [0.1, 0.15) is 25.7 Å². The smallest absolute Gasteiger partial charge is 0.251 e. The van der Waals surface area contributed by atoms with Crippen molar-refractivity contribution < 1.29 is 8.78 Å². The first-order valence-corrected chi connectivity index (χ1v) is 5.35. The molecule has 0 spiro atoms. The predicted molar refractivity (Wildman–Crippen MR) is 50.6 cm³/mol. The lowest BCUT2D eigenvalue weighted by atomic mass is 10.0. The van der Waals surface area contributed by atoms with Gasteiger partial charge in [-0.3, -0.25) is 4.90 Å². The van der Waals surface area contributed by atoms with Crippen LogP contribution in [0.25, 0.3) is 0 Å². The molecule has 13 heavy (non-hydrogen) atoms. The Balaban J connectivity index is 2.36. The van der Waals surface area contributed by atoms with Gasteiger partial charge in [-0.15, -0.1) is 11.6 Å². The fraction of sp³-hybridized carbons (Fsp3) is 1.00. The van der Waals surface area contributed by atoms with Gasteiger partial charge in [0.2, 0.25) is 0 Å². The highest BCUT2D eigenvalue weighted by atomic mass is 35.5. The van der Waals surface area contributed by atoms with E-state index in [2.05, 4.69) is 0 Å². The van der Waals surface area contributed by atoms with Crippen LogP contribution in [0, 0.1) is 0 Å². The number of hydrogen-bond donors (Lipinski definition) is 0. The third-order valence-electron chi connectivity index (χ3n) is 2.56. The minimum absolute atomic E-state index is 0.0818. The minimum Gasteiger partial charge on any atom is -0.295 e. The van der Waals surface area contributed by atoms with Crippen molar-refractivity contribution in [2.45, 2.75) is 38.2 Å². The monoisotopic (exact) mass is 211 g/mol. The summed E-state index contributed by atoms with van der Waals surface area (Å²) in [6.07, 6.45) is 1.86. The van der Waals surface area contributed by atoms with Gasteiger partial charge in [-0.25, -0.2) is 8.78 Å². The van der Waals surface area contributed by atoms with Crippen LogP contribution in [0.3, 0.4) is 0 Å². The summed E-state index contributed by atoms with van der Waals surface area (Å²) in [4.78, 5) is 1.89. The molecule has 78 valence electrons. The molecule has 0 aliphatic carbocycles. The van der Waals surface area contributed by atoms with Crippen LogP contribution in [0.5, 0.6) is 0 Å². The zero-order valence-electron chi connectivity index (χ0n) is 7.69. The minimum atomic E-state index is -2.21. The first kappa shape index (κ1) is 11.2. The van der Waals surface area contributed by atoms with Gasteiger partial charge in [-0.05, 0) is 25.8 Å². The van der Waals surface area contributed by atoms with E-state index in [9.17, 15) is 8.78 Å². The molecule has 1 aliphatic heterocycles. The maximum absolute atomic E-state index is 12.2. The molecule has 0 aromatic heterocycles. The van der Waals surface area contributed by atoms with Gasteiger partial charge in [0.05, 0.1) is 6.54 Å². The Morgan fingerprint density at radius 3 is 2.77 bits per heavy atom. The number of alkyl halides is 3. The highest BCUT2D eigenvalue weighted by Crippen LogP contribution is 2.20. The summed E-state index contributed by atoms with van der Waals surface area (Å²) in [6.45, 7) is 0.730. The third-order valence-corrected chi connectivity index (χ3v) is 2.78. The van der Waals surface area contributed by atoms with E-state index in [0.717, 1.165) is 32.2 Å². The van der Waals surface area contributed by atoms with Gasteiger partial charge in [0.25, 0.3) is 6.43 Å². The SMILES string of the molecule is FC(F)CN1CCCCC1CCCl. The average Bonchev–Trinajstić information content (AvgIpc) is 2.08. The van der Waals surface area contributed by atoms with Gasteiger partial charge in [-0.2, -0.15) is 0 Å². The van der Waals surface area contributed by atoms with E-state index in [-0.39, 0.29) is 6.54 Å². The van der Waals surface area contributed by atoms with Crippen molar-refractivity contribution in [3.63, 3.8) is 0 Å². The first-order chi connectivity index (χ1) is 6.24. The zero-order chi connectivity index (χ0) is 9.68. The topological polar surface area (TPSA) is 3.24 Å². The second kappa shape index (κ2) is 5.76. The molecule has 0 bridgehead atoms. The van der Waals surface area contributed by atoms with Crippen LogP contribution >= 0.6 is 11.6 Å². The van der Waals surface area contributed by atoms with Crippen molar-refractivity contribution in [1.82, 2.24) is 4.90 Å². The summed E-state index contributed by atoms with van der Waals surface area (Å²) in [5.74, 6) is 0.574. The quantitative estimate of drug-likeness (QED) is 0.647.